The molecule has 3 rings (SSSR count). The van der Waals surface area contributed by atoms with Gasteiger partial charge >= 0.3 is 0 Å². The van der Waals surface area contributed by atoms with Crippen molar-refractivity contribution < 1.29 is 4.52 Å². The van der Waals surface area contributed by atoms with Gasteiger partial charge in [0, 0.05) is 35.9 Å². The minimum absolute atomic E-state index is 0.349. The molecule has 0 saturated carbocycles. The van der Waals surface area contributed by atoms with Crippen molar-refractivity contribution in [3.63, 3.8) is 0 Å². The van der Waals surface area contributed by atoms with Gasteiger partial charge in [0.15, 0.2) is 11.6 Å². The summed E-state index contributed by atoms with van der Waals surface area (Å²) < 4.78 is 5.29. The van der Waals surface area contributed by atoms with Crippen LogP contribution < -0.4 is 5.73 Å². The predicted molar refractivity (Wildman–Crippen MR) is 67.4 cm³/mol. The first-order chi connectivity index (χ1) is 8.86. The topological polar surface area (TPSA) is 77.8 Å². The van der Waals surface area contributed by atoms with E-state index in [-0.39, 0.29) is 0 Å². The van der Waals surface area contributed by atoms with Crippen LogP contribution in [-0.4, -0.2) is 15.1 Å². The van der Waals surface area contributed by atoms with Gasteiger partial charge in [-0.1, -0.05) is 11.2 Å². The molecule has 0 saturated heterocycles. The molecule has 0 amide bonds. The molecule has 0 atom stereocenters. The minimum atomic E-state index is 0.349. The lowest BCUT2D eigenvalue weighted by molar-refractivity contribution is 0.436. The standard InChI is InChI=1S/C13H10N4O/c14-13-11(9-3-1-5-15-7-9)12(18-17-13)10-4-2-6-16-8-10/h1-8H,(H2,14,17). The van der Waals surface area contributed by atoms with Gasteiger partial charge in [-0.05, 0) is 18.2 Å². The highest BCUT2D eigenvalue weighted by atomic mass is 16.5. The van der Waals surface area contributed by atoms with Crippen LogP contribution in [0.5, 0.6) is 0 Å². The Labute approximate surface area is 103 Å². The van der Waals surface area contributed by atoms with E-state index < -0.39 is 0 Å². The van der Waals surface area contributed by atoms with Gasteiger partial charge in [0.05, 0.1) is 5.56 Å². The van der Waals surface area contributed by atoms with Gasteiger partial charge in [0.1, 0.15) is 0 Å². The summed E-state index contributed by atoms with van der Waals surface area (Å²) >= 11 is 0. The minimum Gasteiger partial charge on any atom is -0.380 e. The Bertz CT molecular complexity index is 649. The average Bonchev–Trinajstić information content (AvgIpc) is 2.83. The number of rotatable bonds is 2. The SMILES string of the molecule is Nc1noc(-c2cccnc2)c1-c1cccnc1. The van der Waals surface area contributed by atoms with Crippen molar-refractivity contribution in [3.8, 4) is 22.5 Å². The number of hydrogen-bond donors (Lipinski definition) is 1. The number of nitrogens with zero attached hydrogens (tertiary/aromatic N) is 3. The fourth-order valence-corrected chi connectivity index (χ4v) is 1.79. The van der Waals surface area contributed by atoms with Crippen LogP contribution >= 0.6 is 0 Å². The third-order valence-corrected chi connectivity index (χ3v) is 2.59. The Morgan fingerprint density at radius 1 is 0.944 bits per heavy atom. The van der Waals surface area contributed by atoms with E-state index in [4.69, 9.17) is 10.3 Å². The van der Waals surface area contributed by atoms with E-state index in [2.05, 4.69) is 15.1 Å². The monoisotopic (exact) mass is 238 g/mol. The van der Waals surface area contributed by atoms with Crippen molar-refractivity contribution in [2.24, 2.45) is 0 Å². The van der Waals surface area contributed by atoms with Gasteiger partial charge in [-0.15, -0.1) is 0 Å². The molecule has 3 aromatic rings. The van der Waals surface area contributed by atoms with Crippen LogP contribution in [0.4, 0.5) is 5.82 Å². The summed E-state index contributed by atoms with van der Waals surface area (Å²) in [6.07, 6.45) is 6.84. The van der Waals surface area contributed by atoms with Crippen LogP contribution in [0.3, 0.4) is 0 Å². The fraction of sp³-hybridized carbons (Fsp3) is 0. The molecule has 0 aliphatic heterocycles. The van der Waals surface area contributed by atoms with Crippen molar-refractivity contribution in [1.82, 2.24) is 15.1 Å². The van der Waals surface area contributed by atoms with Crippen LogP contribution in [0.1, 0.15) is 0 Å². The van der Waals surface area contributed by atoms with E-state index in [9.17, 15) is 0 Å². The van der Waals surface area contributed by atoms with Gasteiger partial charge < -0.3 is 10.3 Å². The Balaban J connectivity index is 2.19. The summed E-state index contributed by atoms with van der Waals surface area (Å²) in [6, 6.07) is 7.48. The molecule has 2 N–H and O–H groups in total. The molecule has 3 heterocycles. The van der Waals surface area contributed by atoms with Crippen molar-refractivity contribution in [1.29, 1.82) is 0 Å². The maximum atomic E-state index is 5.86. The Kier molecular flexibility index (Phi) is 2.49. The molecular formula is C13H10N4O. The zero-order valence-electron chi connectivity index (χ0n) is 9.45. The van der Waals surface area contributed by atoms with E-state index in [0.717, 1.165) is 16.7 Å². The molecule has 0 bridgehead atoms. The lowest BCUT2D eigenvalue weighted by Crippen LogP contribution is -1.89. The highest BCUT2D eigenvalue weighted by molar-refractivity contribution is 5.85. The highest BCUT2D eigenvalue weighted by Crippen LogP contribution is 2.35. The smallest absolute Gasteiger partial charge is 0.178 e. The van der Waals surface area contributed by atoms with Crippen LogP contribution in [0.2, 0.25) is 0 Å². The Morgan fingerprint density at radius 3 is 2.22 bits per heavy atom. The quantitative estimate of drug-likeness (QED) is 0.741. The average molecular weight is 238 g/mol. The van der Waals surface area contributed by atoms with Gasteiger partial charge in [0.2, 0.25) is 0 Å². The summed E-state index contributed by atoms with van der Waals surface area (Å²) in [4.78, 5) is 8.14. The second kappa shape index (κ2) is 4.29. The molecule has 0 aliphatic rings. The summed E-state index contributed by atoms with van der Waals surface area (Å²) in [5, 5.41) is 3.82. The molecule has 0 fully saturated rings. The first kappa shape index (κ1) is 10.5. The molecule has 0 radical (unpaired) electrons. The lowest BCUT2D eigenvalue weighted by Gasteiger charge is -2.01. The van der Waals surface area contributed by atoms with Gasteiger partial charge in [-0.2, -0.15) is 0 Å². The number of aromatic nitrogens is 3. The van der Waals surface area contributed by atoms with Crippen LogP contribution in [0.25, 0.3) is 22.5 Å². The van der Waals surface area contributed by atoms with Gasteiger partial charge in [-0.3, -0.25) is 9.97 Å². The first-order valence-electron chi connectivity index (χ1n) is 5.42. The maximum absolute atomic E-state index is 5.86. The van der Waals surface area contributed by atoms with E-state index in [1.54, 1.807) is 24.8 Å². The van der Waals surface area contributed by atoms with Crippen molar-refractivity contribution in [2.75, 3.05) is 5.73 Å². The third kappa shape index (κ3) is 1.71. The zero-order chi connectivity index (χ0) is 12.4. The molecule has 0 aliphatic carbocycles. The second-order valence-corrected chi connectivity index (χ2v) is 3.76. The van der Waals surface area contributed by atoms with E-state index in [0.29, 0.717) is 11.6 Å². The van der Waals surface area contributed by atoms with Crippen LogP contribution in [-0.2, 0) is 0 Å². The molecule has 18 heavy (non-hydrogen) atoms. The predicted octanol–water partition coefficient (Wildman–Crippen LogP) is 2.38. The van der Waals surface area contributed by atoms with Crippen LogP contribution in [0.15, 0.2) is 53.6 Å². The molecule has 5 heteroatoms. The van der Waals surface area contributed by atoms with Crippen molar-refractivity contribution in [3.05, 3.63) is 49.1 Å². The molecule has 0 spiro atoms. The fourth-order valence-electron chi connectivity index (χ4n) is 1.79. The van der Waals surface area contributed by atoms with Crippen LogP contribution in [0, 0.1) is 0 Å². The van der Waals surface area contributed by atoms with E-state index in [1.165, 1.54) is 0 Å². The summed E-state index contributed by atoms with van der Waals surface area (Å²) in [7, 11) is 0. The Morgan fingerprint density at radius 2 is 1.61 bits per heavy atom. The molecule has 5 nitrogen and oxygen atoms in total. The normalized spacial score (nSPS) is 10.4. The largest absolute Gasteiger partial charge is 0.380 e. The van der Waals surface area contributed by atoms with E-state index in [1.807, 2.05) is 24.3 Å². The third-order valence-electron chi connectivity index (χ3n) is 2.59. The summed E-state index contributed by atoms with van der Waals surface area (Å²) in [5.74, 6) is 0.954. The number of anilines is 1. The second-order valence-electron chi connectivity index (χ2n) is 3.76. The number of hydrogen-bond acceptors (Lipinski definition) is 5. The molecular weight excluding hydrogens is 228 g/mol. The molecule has 88 valence electrons. The lowest BCUT2D eigenvalue weighted by atomic mass is 10.0. The number of pyridine rings is 2. The Hall–Kier alpha value is -2.69. The summed E-state index contributed by atoms with van der Waals surface area (Å²) in [6.45, 7) is 0. The maximum Gasteiger partial charge on any atom is 0.178 e. The first-order valence-corrected chi connectivity index (χ1v) is 5.42. The zero-order valence-corrected chi connectivity index (χ0v) is 9.45. The number of nitrogen functional groups attached to an aromatic ring is 1. The van der Waals surface area contributed by atoms with Gasteiger partial charge in [-0.25, -0.2) is 0 Å². The van der Waals surface area contributed by atoms with Crippen molar-refractivity contribution >= 4 is 5.82 Å². The molecule has 0 aromatic carbocycles. The molecule has 3 aromatic heterocycles. The highest BCUT2D eigenvalue weighted by Gasteiger charge is 2.17. The number of nitrogens with two attached hydrogens (primary N) is 1. The van der Waals surface area contributed by atoms with Gasteiger partial charge in [0.25, 0.3) is 0 Å². The van der Waals surface area contributed by atoms with Crippen molar-refractivity contribution in [2.45, 2.75) is 0 Å². The molecule has 0 unspecified atom stereocenters. The summed E-state index contributed by atoms with van der Waals surface area (Å²) in [5.41, 5.74) is 8.31. The van der Waals surface area contributed by atoms with E-state index >= 15 is 0 Å².